The molecule has 6 nitrogen and oxygen atoms in total. The third kappa shape index (κ3) is 2.78. The minimum absolute atomic E-state index is 0.0980. The van der Waals surface area contributed by atoms with Crippen molar-refractivity contribution in [3.8, 4) is 0 Å². The number of rotatable bonds is 2. The molecule has 118 valence electrons. The lowest BCUT2D eigenvalue weighted by atomic mass is 10.3. The first-order valence-corrected chi connectivity index (χ1v) is 7.78. The molecule has 0 unspecified atom stereocenters. The van der Waals surface area contributed by atoms with Gasteiger partial charge in [-0.25, -0.2) is 8.78 Å². The van der Waals surface area contributed by atoms with E-state index in [1.54, 1.807) is 0 Å². The van der Waals surface area contributed by atoms with E-state index in [4.69, 9.17) is 0 Å². The summed E-state index contributed by atoms with van der Waals surface area (Å²) in [4.78, 5) is 26.2. The Bertz CT molecular complexity index is 1020. The van der Waals surface area contributed by atoms with Crippen LogP contribution < -0.4 is 4.80 Å². The predicted molar refractivity (Wildman–Crippen MR) is 81.6 cm³/mol. The highest BCUT2D eigenvalue weighted by Crippen LogP contribution is 2.25. The topological polar surface area (TPSA) is 77.5 Å². The summed E-state index contributed by atoms with van der Waals surface area (Å²) in [5, 5.41) is 10.5. The van der Waals surface area contributed by atoms with Gasteiger partial charge in [-0.3, -0.25) is 14.9 Å². The van der Waals surface area contributed by atoms with E-state index in [1.165, 1.54) is 23.7 Å². The maximum absolute atomic E-state index is 13.8. The molecule has 0 aliphatic rings. The van der Waals surface area contributed by atoms with Gasteiger partial charge in [0.25, 0.3) is 5.91 Å². The van der Waals surface area contributed by atoms with Gasteiger partial charge in [0.1, 0.15) is 10.7 Å². The molecule has 3 aromatic rings. The van der Waals surface area contributed by atoms with Crippen molar-refractivity contribution in [2.75, 3.05) is 0 Å². The number of amides is 1. The fraction of sp³-hybridized carbons (Fsp3) is 0.0769. The second-order valence-corrected chi connectivity index (χ2v) is 6.56. The summed E-state index contributed by atoms with van der Waals surface area (Å²) in [6.07, 6.45) is 0. The molecule has 10 heteroatoms. The Morgan fingerprint density at radius 2 is 2.04 bits per heavy atom. The fourth-order valence-electron chi connectivity index (χ4n) is 1.99. The molecule has 0 saturated heterocycles. The number of hydrogen-bond donors (Lipinski definition) is 0. The molecule has 0 radical (unpaired) electrons. The Morgan fingerprint density at radius 1 is 1.30 bits per heavy atom. The van der Waals surface area contributed by atoms with Crippen LogP contribution in [0.4, 0.5) is 13.8 Å². The smallest absolute Gasteiger partial charge is 0.317 e. The lowest BCUT2D eigenvalue weighted by Crippen LogP contribution is -2.13. The average Bonchev–Trinajstić information content (AvgIpc) is 3.05. The normalized spacial score (nSPS) is 12.0. The number of benzene rings is 1. The molecule has 0 atom stereocenters. The number of hydrogen-bond acceptors (Lipinski definition) is 5. The first kappa shape index (κ1) is 15.4. The van der Waals surface area contributed by atoms with Crippen LogP contribution in [0.3, 0.4) is 0 Å². The van der Waals surface area contributed by atoms with Crippen molar-refractivity contribution in [2.24, 2.45) is 12.0 Å². The summed E-state index contributed by atoms with van der Waals surface area (Å²) in [6, 6.07) is 4.43. The third-order valence-electron chi connectivity index (χ3n) is 3.00. The third-order valence-corrected chi connectivity index (χ3v) is 5.10. The van der Waals surface area contributed by atoms with Gasteiger partial charge < -0.3 is 4.57 Å². The molecule has 0 aliphatic heterocycles. The molecule has 3 rings (SSSR count). The molecule has 0 bridgehead atoms. The number of nitrogens with zero attached hydrogens (tertiary/aromatic N) is 3. The SMILES string of the molecule is Cn1c(=NC(=O)c2ccc([N+](=O)[O-])s2)sc2cc(F)cc(F)c21. The standard InChI is InChI=1S/C13H7F2N3O3S2/c1-17-11-7(15)4-6(14)5-9(11)23-13(17)16-12(19)8-2-3-10(22-8)18(20)21/h2-5H,1H3. The lowest BCUT2D eigenvalue weighted by molar-refractivity contribution is -0.380. The van der Waals surface area contributed by atoms with Gasteiger partial charge in [-0.15, -0.1) is 0 Å². The zero-order valence-corrected chi connectivity index (χ0v) is 13.1. The molecule has 0 spiro atoms. The van der Waals surface area contributed by atoms with Gasteiger partial charge in [0.2, 0.25) is 0 Å². The van der Waals surface area contributed by atoms with Gasteiger partial charge in [-0.2, -0.15) is 4.99 Å². The largest absolute Gasteiger partial charge is 0.324 e. The number of halogens is 2. The van der Waals surface area contributed by atoms with Gasteiger partial charge in [0, 0.05) is 19.2 Å². The zero-order chi connectivity index (χ0) is 16.7. The summed E-state index contributed by atoms with van der Waals surface area (Å²) >= 11 is 1.66. The van der Waals surface area contributed by atoms with E-state index in [0.717, 1.165) is 23.5 Å². The van der Waals surface area contributed by atoms with Crippen LogP contribution in [0.1, 0.15) is 9.67 Å². The van der Waals surface area contributed by atoms with Crippen LogP contribution >= 0.6 is 22.7 Å². The number of carbonyl (C=O) groups is 1. The fourth-order valence-corrected chi connectivity index (χ4v) is 3.75. The average molecular weight is 355 g/mol. The van der Waals surface area contributed by atoms with E-state index in [2.05, 4.69) is 4.99 Å². The number of thiazole rings is 1. The van der Waals surface area contributed by atoms with E-state index < -0.39 is 22.5 Å². The van der Waals surface area contributed by atoms with Gasteiger partial charge >= 0.3 is 5.00 Å². The van der Waals surface area contributed by atoms with Gasteiger partial charge in [-0.1, -0.05) is 22.7 Å². The monoisotopic (exact) mass is 355 g/mol. The van der Waals surface area contributed by atoms with E-state index in [0.29, 0.717) is 16.0 Å². The minimum atomic E-state index is -0.751. The minimum Gasteiger partial charge on any atom is -0.317 e. The van der Waals surface area contributed by atoms with Crippen molar-refractivity contribution in [3.63, 3.8) is 0 Å². The number of nitro groups is 1. The molecule has 0 saturated carbocycles. The molecule has 0 N–H and O–H groups in total. The maximum atomic E-state index is 13.8. The van der Waals surface area contributed by atoms with E-state index >= 15 is 0 Å². The Balaban J connectivity index is 2.10. The Morgan fingerprint density at radius 3 is 2.70 bits per heavy atom. The Hall–Kier alpha value is -2.46. The molecular formula is C13H7F2N3O3S2. The molecular weight excluding hydrogens is 348 g/mol. The molecule has 1 aromatic carbocycles. The highest BCUT2D eigenvalue weighted by molar-refractivity contribution is 7.17. The summed E-state index contributed by atoms with van der Waals surface area (Å²) in [5.74, 6) is -2.14. The van der Waals surface area contributed by atoms with Crippen LogP contribution in [0, 0.1) is 21.7 Å². The van der Waals surface area contributed by atoms with Crippen LogP contribution in [-0.4, -0.2) is 15.4 Å². The molecule has 1 amide bonds. The van der Waals surface area contributed by atoms with Crippen molar-refractivity contribution >= 4 is 43.8 Å². The first-order valence-electron chi connectivity index (χ1n) is 6.14. The molecule has 0 fully saturated rings. The molecule has 2 heterocycles. The summed E-state index contributed by atoms with van der Waals surface area (Å²) in [5.41, 5.74) is 0.139. The number of aryl methyl sites for hydroxylation is 1. The summed E-state index contributed by atoms with van der Waals surface area (Å²) < 4.78 is 28.7. The van der Waals surface area contributed by atoms with E-state index in [-0.39, 0.29) is 20.2 Å². The van der Waals surface area contributed by atoms with Crippen LogP contribution in [0.25, 0.3) is 10.2 Å². The predicted octanol–water partition coefficient (Wildman–Crippen LogP) is 3.23. The van der Waals surface area contributed by atoms with Crippen LogP contribution in [-0.2, 0) is 7.05 Å². The molecule has 0 aliphatic carbocycles. The highest BCUT2D eigenvalue weighted by atomic mass is 32.1. The number of thiophene rings is 1. The van der Waals surface area contributed by atoms with Crippen molar-refractivity contribution < 1.29 is 18.5 Å². The quantitative estimate of drug-likeness (QED) is 0.523. The Kier molecular flexibility index (Phi) is 3.78. The summed E-state index contributed by atoms with van der Waals surface area (Å²) in [7, 11) is 1.50. The van der Waals surface area contributed by atoms with Crippen molar-refractivity contribution in [1.82, 2.24) is 4.57 Å². The lowest BCUT2D eigenvalue weighted by Gasteiger charge is -1.97. The molecule has 23 heavy (non-hydrogen) atoms. The highest BCUT2D eigenvalue weighted by Gasteiger charge is 2.16. The second kappa shape index (κ2) is 5.63. The first-order chi connectivity index (χ1) is 10.9. The maximum Gasteiger partial charge on any atom is 0.324 e. The van der Waals surface area contributed by atoms with Gasteiger partial charge in [0.15, 0.2) is 10.6 Å². The van der Waals surface area contributed by atoms with Crippen LogP contribution in [0.5, 0.6) is 0 Å². The number of carbonyl (C=O) groups excluding carboxylic acids is 1. The van der Waals surface area contributed by atoms with Gasteiger partial charge in [-0.05, 0) is 12.1 Å². The number of aromatic nitrogens is 1. The zero-order valence-electron chi connectivity index (χ0n) is 11.4. The summed E-state index contributed by atoms with van der Waals surface area (Å²) in [6.45, 7) is 0. The van der Waals surface area contributed by atoms with Crippen molar-refractivity contribution in [2.45, 2.75) is 0 Å². The number of fused-ring (bicyclic) bond motifs is 1. The van der Waals surface area contributed by atoms with Crippen molar-refractivity contribution in [1.29, 1.82) is 0 Å². The van der Waals surface area contributed by atoms with Crippen LogP contribution in [0.15, 0.2) is 29.3 Å². The molecule has 2 aromatic heterocycles. The van der Waals surface area contributed by atoms with Crippen LogP contribution in [0.2, 0.25) is 0 Å². The second-order valence-electron chi connectivity index (χ2n) is 4.49. The Labute approximate surface area is 135 Å². The van der Waals surface area contributed by atoms with E-state index in [9.17, 15) is 23.7 Å². The van der Waals surface area contributed by atoms with Crippen molar-refractivity contribution in [3.05, 3.63) is 55.7 Å². The van der Waals surface area contributed by atoms with Gasteiger partial charge in [0.05, 0.1) is 15.1 Å². The van der Waals surface area contributed by atoms with E-state index in [1.807, 2.05) is 0 Å².